The van der Waals surface area contributed by atoms with Gasteiger partial charge < -0.3 is 4.90 Å². The minimum absolute atomic E-state index is 0.0715. The number of halogens is 2. The zero-order valence-electron chi connectivity index (χ0n) is 14.1. The molecular formula is C16H24Cl2N4O2S. The van der Waals surface area contributed by atoms with Crippen LogP contribution in [0.25, 0.3) is 0 Å². The summed E-state index contributed by atoms with van der Waals surface area (Å²) >= 11 is 12.5. The predicted octanol–water partition coefficient (Wildman–Crippen LogP) is 3.07. The summed E-state index contributed by atoms with van der Waals surface area (Å²) in [6.07, 6.45) is 9.10. The van der Waals surface area contributed by atoms with Gasteiger partial charge in [-0.2, -0.15) is 17.4 Å². The maximum Gasteiger partial charge on any atom is 0.279 e. The van der Waals surface area contributed by atoms with Gasteiger partial charge in [0.15, 0.2) is 0 Å². The maximum atomic E-state index is 12.7. The van der Waals surface area contributed by atoms with Crippen LogP contribution in [0.3, 0.4) is 0 Å². The molecular weight excluding hydrogens is 383 g/mol. The van der Waals surface area contributed by atoms with Crippen LogP contribution in [-0.2, 0) is 10.2 Å². The number of aromatic nitrogens is 1. The first kappa shape index (κ1) is 19.2. The van der Waals surface area contributed by atoms with Crippen molar-refractivity contribution in [2.75, 3.05) is 31.1 Å². The quantitative estimate of drug-likeness (QED) is 0.833. The van der Waals surface area contributed by atoms with E-state index >= 15 is 0 Å². The van der Waals surface area contributed by atoms with Gasteiger partial charge in [0.25, 0.3) is 10.2 Å². The van der Waals surface area contributed by atoms with Crippen molar-refractivity contribution in [1.82, 2.24) is 14.0 Å². The molecule has 1 saturated heterocycles. The van der Waals surface area contributed by atoms with Crippen LogP contribution in [0.1, 0.15) is 38.5 Å². The number of nitrogens with one attached hydrogen (secondary N) is 1. The highest BCUT2D eigenvalue weighted by Crippen LogP contribution is 2.33. The second-order valence-corrected chi connectivity index (χ2v) is 9.17. The molecule has 9 heteroatoms. The Balaban J connectivity index is 1.66. The normalized spacial score (nSPS) is 21.3. The minimum atomic E-state index is -3.45. The summed E-state index contributed by atoms with van der Waals surface area (Å²) < 4.78 is 29.9. The van der Waals surface area contributed by atoms with Crippen molar-refractivity contribution < 1.29 is 8.42 Å². The average Bonchev–Trinajstić information content (AvgIpc) is 2.82. The standard InChI is InChI=1S/C16H24Cl2N4O2S/c17-14-11-19-12-15(18)16(14)21-7-4-8-22(10-9-21)25(23,24)20-13-5-2-1-3-6-13/h11-13,20H,1-10H2. The molecule has 2 heterocycles. The molecule has 1 aromatic rings. The Kier molecular flexibility index (Phi) is 6.44. The first-order valence-corrected chi connectivity index (χ1v) is 11.0. The van der Waals surface area contributed by atoms with Crippen LogP contribution in [0, 0.1) is 0 Å². The Morgan fingerprint density at radius 1 is 0.960 bits per heavy atom. The van der Waals surface area contributed by atoms with Crippen molar-refractivity contribution >= 4 is 39.1 Å². The molecule has 0 atom stereocenters. The first-order chi connectivity index (χ1) is 12.0. The van der Waals surface area contributed by atoms with Gasteiger partial charge in [0.05, 0.1) is 15.7 Å². The molecule has 0 aromatic carbocycles. The van der Waals surface area contributed by atoms with Gasteiger partial charge in [-0.05, 0) is 19.3 Å². The highest BCUT2D eigenvalue weighted by Gasteiger charge is 2.29. The monoisotopic (exact) mass is 406 g/mol. The topological polar surface area (TPSA) is 65.5 Å². The maximum absolute atomic E-state index is 12.7. The van der Waals surface area contributed by atoms with E-state index < -0.39 is 10.2 Å². The second-order valence-electron chi connectivity index (χ2n) is 6.65. The van der Waals surface area contributed by atoms with E-state index in [4.69, 9.17) is 23.2 Å². The number of rotatable bonds is 4. The molecule has 2 aliphatic rings. The summed E-state index contributed by atoms with van der Waals surface area (Å²) in [4.78, 5) is 6.02. The molecule has 25 heavy (non-hydrogen) atoms. The zero-order valence-corrected chi connectivity index (χ0v) is 16.5. The van der Waals surface area contributed by atoms with Crippen LogP contribution in [0.15, 0.2) is 12.4 Å². The van der Waals surface area contributed by atoms with E-state index in [9.17, 15) is 8.42 Å². The number of nitrogens with zero attached hydrogens (tertiary/aromatic N) is 3. The molecule has 0 spiro atoms. The first-order valence-electron chi connectivity index (χ1n) is 8.79. The number of hydrogen-bond donors (Lipinski definition) is 1. The van der Waals surface area contributed by atoms with Crippen molar-refractivity contribution in [1.29, 1.82) is 0 Å². The summed E-state index contributed by atoms with van der Waals surface area (Å²) in [5.41, 5.74) is 0.734. The fraction of sp³-hybridized carbons (Fsp3) is 0.688. The SMILES string of the molecule is O=S(=O)(NC1CCCCC1)N1CCCN(c2c(Cl)cncc2Cl)CC1. The molecule has 1 aromatic heterocycles. The van der Waals surface area contributed by atoms with Crippen LogP contribution >= 0.6 is 23.2 Å². The summed E-state index contributed by atoms with van der Waals surface area (Å²) in [7, 11) is -3.45. The molecule has 0 amide bonds. The van der Waals surface area contributed by atoms with E-state index in [1.165, 1.54) is 6.42 Å². The summed E-state index contributed by atoms with van der Waals surface area (Å²) in [6.45, 7) is 2.17. The number of pyridine rings is 1. The number of anilines is 1. The molecule has 1 aliphatic carbocycles. The molecule has 2 fully saturated rings. The molecule has 1 N–H and O–H groups in total. The lowest BCUT2D eigenvalue weighted by Crippen LogP contribution is -2.47. The molecule has 6 nitrogen and oxygen atoms in total. The van der Waals surface area contributed by atoms with Gasteiger partial charge in [0.1, 0.15) is 0 Å². The van der Waals surface area contributed by atoms with Gasteiger partial charge >= 0.3 is 0 Å². The van der Waals surface area contributed by atoms with E-state index in [-0.39, 0.29) is 6.04 Å². The van der Waals surface area contributed by atoms with Gasteiger partial charge in [0, 0.05) is 44.6 Å². The van der Waals surface area contributed by atoms with Crippen LogP contribution < -0.4 is 9.62 Å². The van der Waals surface area contributed by atoms with Crippen LogP contribution in [0.2, 0.25) is 10.0 Å². The summed E-state index contributed by atoms with van der Waals surface area (Å²) in [6, 6.07) is 0.0715. The van der Waals surface area contributed by atoms with Crippen molar-refractivity contribution in [2.45, 2.75) is 44.6 Å². The van der Waals surface area contributed by atoms with Crippen molar-refractivity contribution in [3.05, 3.63) is 22.4 Å². The summed E-state index contributed by atoms with van der Waals surface area (Å²) in [5, 5.41) is 0.980. The third-order valence-electron chi connectivity index (χ3n) is 4.86. The molecule has 1 saturated carbocycles. The lowest BCUT2D eigenvalue weighted by molar-refractivity contribution is 0.379. The average molecular weight is 407 g/mol. The second kappa shape index (κ2) is 8.39. The lowest BCUT2D eigenvalue weighted by atomic mass is 9.96. The Labute approximate surface area is 159 Å². The van der Waals surface area contributed by atoms with E-state index in [0.29, 0.717) is 36.2 Å². The molecule has 140 valence electrons. The van der Waals surface area contributed by atoms with Crippen molar-refractivity contribution in [3.8, 4) is 0 Å². The molecule has 0 bridgehead atoms. The molecule has 3 rings (SSSR count). The van der Waals surface area contributed by atoms with Crippen LogP contribution in [0.5, 0.6) is 0 Å². The Morgan fingerprint density at radius 3 is 2.32 bits per heavy atom. The van der Waals surface area contributed by atoms with Crippen LogP contribution in [-0.4, -0.2) is 49.9 Å². The van der Waals surface area contributed by atoms with Crippen molar-refractivity contribution in [3.63, 3.8) is 0 Å². The van der Waals surface area contributed by atoms with Crippen molar-refractivity contribution in [2.24, 2.45) is 0 Å². The fourth-order valence-corrected chi connectivity index (χ4v) is 5.67. The number of hydrogen-bond acceptors (Lipinski definition) is 4. The van der Waals surface area contributed by atoms with Crippen LogP contribution in [0.4, 0.5) is 5.69 Å². The third-order valence-corrected chi connectivity index (χ3v) is 7.09. The minimum Gasteiger partial charge on any atom is -0.368 e. The van der Waals surface area contributed by atoms with E-state index in [1.807, 2.05) is 4.90 Å². The highest BCUT2D eigenvalue weighted by atomic mass is 35.5. The Bertz CT molecular complexity index is 675. The molecule has 0 unspecified atom stereocenters. The smallest absolute Gasteiger partial charge is 0.279 e. The molecule has 0 radical (unpaired) electrons. The predicted molar refractivity (Wildman–Crippen MR) is 102 cm³/mol. The summed E-state index contributed by atoms with van der Waals surface area (Å²) in [5.74, 6) is 0. The van der Waals surface area contributed by atoms with Gasteiger partial charge in [-0.25, -0.2) is 0 Å². The van der Waals surface area contributed by atoms with E-state index in [0.717, 1.165) is 37.8 Å². The van der Waals surface area contributed by atoms with Gasteiger partial charge in [0.2, 0.25) is 0 Å². The lowest BCUT2D eigenvalue weighted by Gasteiger charge is -2.27. The Morgan fingerprint density at radius 2 is 1.64 bits per heavy atom. The van der Waals surface area contributed by atoms with E-state index in [2.05, 4.69) is 9.71 Å². The van der Waals surface area contributed by atoms with E-state index in [1.54, 1.807) is 16.7 Å². The molecule has 1 aliphatic heterocycles. The zero-order chi connectivity index (χ0) is 17.9. The van der Waals surface area contributed by atoms with Gasteiger partial charge in [-0.15, -0.1) is 0 Å². The largest absolute Gasteiger partial charge is 0.368 e. The highest BCUT2D eigenvalue weighted by molar-refractivity contribution is 7.87. The fourth-order valence-electron chi connectivity index (χ4n) is 3.57. The third kappa shape index (κ3) is 4.77. The van der Waals surface area contributed by atoms with Gasteiger partial charge in [-0.3, -0.25) is 4.98 Å². The van der Waals surface area contributed by atoms with Gasteiger partial charge in [-0.1, -0.05) is 42.5 Å². The Hall–Kier alpha value is -0.600.